The Balaban J connectivity index is 2.37. The molecular weight excluding hydrogens is 218 g/mol. The number of hydrogen-bond acceptors (Lipinski definition) is 4. The molecule has 0 saturated heterocycles. The van der Waals surface area contributed by atoms with E-state index >= 15 is 0 Å². The molecule has 17 heavy (non-hydrogen) atoms. The van der Waals surface area contributed by atoms with Crippen LogP contribution in [-0.4, -0.2) is 21.0 Å². The quantitative estimate of drug-likeness (QED) is 0.550. The van der Waals surface area contributed by atoms with Crippen molar-refractivity contribution in [1.29, 1.82) is 5.41 Å². The predicted molar refractivity (Wildman–Crippen MR) is 63.4 cm³/mol. The van der Waals surface area contributed by atoms with E-state index in [0.717, 1.165) is 11.4 Å². The molecule has 0 amide bonds. The lowest BCUT2D eigenvalue weighted by Crippen LogP contribution is -2.13. The number of aromatic nitrogens is 3. The van der Waals surface area contributed by atoms with Crippen molar-refractivity contribution in [2.45, 2.75) is 13.8 Å². The molecule has 0 aromatic carbocycles. The van der Waals surface area contributed by atoms with Gasteiger partial charge in [0.1, 0.15) is 5.84 Å². The van der Waals surface area contributed by atoms with E-state index in [0.29, 0.717) is 17.3 Å². The van der Waals surface area contributed by atoms with Crippen LogP contribution in [0.3, 0.4) is 0 Å². The molecule has 88 valence electrons. The molecule has 0 saturated carbocycles. The SMILES string of the molecule is Cc1ccc(C(=N)N)c(Oc2cc(C)[nH]n2)n1. The number of amidine groups is 1. The molecule has 0 spiro atoms. The third-order valence-electron chi connectivity index (χ3n) is 2.17. The van der Waals surface area contributed by atoms with Gasteiger partial charge in [0.25, 0.3) is 0 Å². The van der Waals surface area contributed by atoms with E-state index < -0.39 is 0 Å². The summed E-state index contributed by atoms with van der Waals surface area (Å²) in [6.07, 6.45) is 0. The van der Waals surface area contributed by atoms with E-state index in [4.69, 9.17) is 15.9 Å². The molecule has 6 nitrogen and oxygen atoms in total. The van der Waals surface area contributed by atoms with Crippen LogP contribution in [0.25, 0.3) is 0 Å². The highest BCUT2D eigenvalue weighted by molar-refractivity contribution is 5.97. The molecule has 2 aromatic rings. The van der Waals surface area contributed by atoms with Crippen molar-refractivity contribution in [2.75, 3.05) is 0 Å². The smallest absolute Gasteiger partial charge is 0.240 e. The maximum absolute atomic E-state index is 7.45. The minimum atomic E-state index is -0.0836. The number of nitrogens with one attached hydrogen (secondary N) is 2. The number of rotatable bonds is 3. The number of H-pyrrole nitrogens is 1. The zero-order valence-corrected chi connectivity index (χ0v) is 9.61. The average molecular weight is 231 g/mol. The number of hydrogen-bond donors (Lipinski definition) is 3. The van der Waals surface area contributed by atoms with Crippen LogP contribution in [0.2, 0.25) is 0 Å². The molecule has 0 bridgehead atoms. The molecule has 0 aliphatic rings. The van der Waals surface area contributed by atoms with Gasteiger partial charge in [-0.3, -0.25) is 10.5 Å². The molecule has 0 radical (unpaired) electrons. The lowest BCUT2D eigenvalue weighted by Gasteiger charge is -2.07. The number of aromatic amines is 1. The summed E-state index contributed by atoms with van der Waals surface area (Å²) in [6, 6.07) is 5.23. The van der Waals surface area contributed by atoms with Crippen LogP contribution in [0.5, 0.6) is 11.8 Å². The van der Waals surface area contributed by atoms with Gasteiger partial charge in [0.2, 0.25) is 11.8 Å². The molecule has 0 atom stereocenters. The first-order valence-electron chi connectivity index (χ1n) is 5.08. The Morgan fingerprint density at radius 3 is 2.76 bits per heavy atom. The van der Waals surface area contributed by atoms with Crippen LogP contribution in [0.15, 0.2) is 18.2 Å². The molecule has 0 aliphatic heterocycles. The second-order valence-electron chi connectivity index (χ2n) is 3.71. The molecule has 2 heterocycles. The molecule has 6 heteroatoms. The van der Waals surface area contributed by atoms with Crippen molar-refractivity contribution >= 4 is 5.84 Å². The van der Waals surface area contributed by atoms with Crippen LogP contribution in [-0.2, 0) is 0 Å². The molecule has 0 fully saturated rings. The highest BCUT2D eigenvalue weighted by Gasteiger charge is 2.11. The topological polar surface area (TPSA) is 101 Å². The molecule has 0 unspecified atom stereocenters. The van der Waals surface area contributed by atoms with Gasteiger partial charge in [-0.25, -0.2) is 4.98 Å². The lowest BCUT2D eigenvalue weighted by atomic mass is 10.2. The van der Waals surface area contributed by atoms with Gasteiger partial charge in [-0.2, -0.15) is 0 Å². The van der Waals surface area contributed by atoms with Gasteiger partial charge in [-0.15, -0.1) is 5.10 Å². The fourth-order valence-electron chi connectivity index (χ4n) is 1.36. The summed E-state index contributed by atoms with van der Waals surface area (Å²) in [4.78, 5) is 4.20. The molecule has 4 N–H and O–H groups in total. The third kappa shape index (κ3) is 2.41. The summed E-state index contributed by atoms with van der Waals surface area (Å²) in [6.45, 7) is 3.71. The van der Waals surface area contributed by atoms with Gasteiger partial charge in [0.05, 0.1) is 5.56 Å². The zero-order valence-electron chi connectivity index (χ0n) is 9.61. The van der Waals surface area contributed by atoms with Crippen LogP contribution in [0.1, 0.15) is 17.0 Å². The molecule has 0 aliphatic carbocycles. The first-order valence-corrected chi connectivity index (χ1v) is 5.08. The normalized spacial score (nSPS) is 10.2. The second-order valence-corrected chi connectivity index (χ2v) is 3.71. The average Bonchev–Trinajstić information content (AvgIpc) is 2.63. The van der Waals surface area contributed by atoms with Crippen LogP contribution in [0.4, 0.5) is 0 Å². The van der Waals surface area contributed by atoms with E-state index in [1.165, 1.54) is 0 Å². The zero-order chi connectivity index (χ0) is 12.4. The largest absolute Gasteiger partial charge is 0.418 e. The van der Waals surface area contributed by atoms with Crippen molar-refractivity contribution in [3.05, 3.63) is 35.2 Å². The fourth-order valence-corrected chi connectivity index (χ4v) is 1.36. The van der Waals surface area contributed by atoms with Crippen LogP contribution < -0.4 is 10.5 Å². The standard InChI is InChI=1S/C11H13N5O/c1-6-3-4-8(10(12)13)11(14-6)17-9-5-7(2)15-16-9/h3-5H,1-2H3,(H3,12,13)(H,15,16). The summed E-state index contributed by atoms with van der Waals surface area (Å²) >= 11 is 0. The number of nitrogens with zero attached hydrogens (tertiary/aromatic N) is 2. The minimum Gasteiger partial charge on any atom is -0.418 e. The maximum Gasteiger partial charge on any atom is 0.240 e. The monoisotopic (exact) mass is 231 g/mol. The second kappa shape index (κ2) is 4.25. The van der Waals surface area contributed by atoms with Gasteiger partial charge in [-0.1, -0.05) is 0 Å². The van der Waals surface area contributed by atoms with Gasteiger partial charge >= 0.3 is 0 Å². The van der Waals surface area contributed by atoms with Gasteiger partial charge in [0, 0.05) is 17.5 Å². The minimum absolute atomic E-state index is 0.0836. The lowest BCUT2D eigenvalue weighted by molar-refractivity contribution is 0.441. The van der Waals surface area contributed by atoms with Crippen molar-refractivity contribution in [1.82, 2.24) is 15.2 Å². The van der Waals surface area contributed by atoms with E-state index in [-0.39, 0.29) is 5.84 Å². The summed E-state index contributed by atoms with van der Waals surface area (Å²) in [5, 5.41) is 14.2. The maximum atomic E-state index is 7.45. The molecular formula is C11H13N5O. The Bertz CT molecular complexity index is 561. The Labute approximate surface area is 98.3 Å². The summed E-state index contributed by atoms with van der Waals surface area (Å²) < 4.78 is 5.50. The fraction of sp³-hybridized carbons (Fsp3) is 0.182. The Kier molecular flexibility index (Phi) is 2.78. The number of nitrogen functional groups attached to an aromatic ring is 1. The van der Waals surface area contributed by atoms with Crippen LogP contribution >= 0.6 is 0 Å². The number of pyridine rings is 1. The highest BCUT2D eigenvalue weighted by atomic mass is 16.5. The number of nitrogens with two attached hydrogens (primary N) is 1. The van der Waals surface area contributed by atoms with Crippen LogP contribution in [0, 0.1) is 19.3 Å². The van der Waals surface area contributed by atoms with Crippen molar-refractivity contribution < 1.29 is 4.74 Å². The van der Waals surface area contributed by atoms with Gasteiger partial charge in [-0.05, 0) is 26.0 Å². The van der Waals surface area contributed by atoms with Crippen molar-refractivity contribution in [2.24, 2.45) is 5.73 Å². The first-order chi connectivity index (χ1) is 8.06. The van der Waals surface area contributed by atoms with E-state index in [9.17, 15) is 0 Å². The van der Waals surface area contributed by atoms with Gasteiger partial charge < -0.3 is 10.5 Å². The predicted octanol–water partition coefficient (Wildman–Crippen LogP) is 1.50. The third-order valence-corrected chi connectivity index (χ3v) is 2.17. The Morgan fingerprint density at radius 1 is 1.41 bits per heavy atom. The molecule has 2 rings (SSSR count). The van der Waals surface area contributed by atoms with Crippen molar-refractivity contribution in [3.63, 3.8) is 0 Å². The Hall–Kier alpha value is -2.37. The van der Waals surface area contributed by atoms with E-state index in [1.54, 1.807) is 18.2 Å². The summed E-state index contributed by atoms with van der Waals surface area (Å²) in [5.41, 5.74) is 7.59. The number of ether oxygens (including phenoxy) is 1. The van der Waals surface area contributed by atoms with E-state index in [2.05, 4.69) is 15.2 Å². The molecule has 2 aromatic heterocycles. The van der Waals surface area contributed by atoms with E-state index in [1.807, 2.05) is 13.8 Å². The van der Waals surface area contributed by atoms with Crippen molar-refractivity contribution in [3.8, 4) is 11.8 Å². The number of aryl methyl sites for hydroxylation is 2. The first kappa shape index (κ1) is 11.1. The summed E-state index contributed by atoms with van der Waals surface area (Å²) in [5.74, 6) is 0.617. The Morgan fingerprint density at radius 2 is 2.18 bits per heavy atom. The summed E-state index contributed by atoms with van der Waals surface area (Å²) in [7, 11) is 0. The van der Waals surface area contributed by atoms with Gasteiger partial charge in [0.15, 0.2) is 0 Å². The highest BCUT2D eigenvalue weighted by Crippen LogP contribution is 2.22.